The lowest BCUT2D eigenvalue weighted by atomic mass is 10.2. The predicted octanol–water partition coefficient (Wildman–Crippen LogP) is 4.95. The fourth-order valence-electron chi connectivity index (χ4n) is 1.81. The van der Waals surface area contributed by atoms with E-state index in [-0.39, 0.29) is 0 Å². The van der Waals surface area contributed by atoms with Gasteiger partial charge in [-0.15, -0.1) is 0 Å². The zero-order valence-electron chi connectivity index (χ0n) is 10.9. The minimum atomic E-state index is 0.383. The molecule has 0 aliphatic carbocycles. The molecule has 2 rings (SSSR count). The second-order valence-electron chi connectivity index (χ2n) is 4.31. The standard InChI is InChI=1S/C15H14Cl3NO/c1-19-8-11-6-12(16)4-5-15(11)20-9-10-2-3-13(17)7-14(10)18/h2-7,19H,8-9H2,1H3. The summed E-state index contributed by atoms with van der Waals surface area (Å²) in [5.41, 5.74) is 1.89. The summed E-state index contributed by atoms with van der Waals surface area (Å²) in [7, 11) is 1.88. The Hall–Kier alpha value is -0.930. The van der Waals surface area contributed by atoms with Gasteiger partial charge >= 0.3 is 0 Å². The van der Waals surface area contributed by atoms with Crippen molar-refractivity contribution in [3.63, 3.8) is 0 Å². The summed E-state index contributed by atoms with van der Waals surface area (Å²) >= 11 is 18.0. The van der Waals surface area contributed by atoms with Gasteiger partial charge in [-0.2, -0.15) is 0 Å². The Balaban J connectivity index is 2.14. The smallest absolute Gasteiger partial charge is 0.124 e. The van der Waals surface area contributed by atoms with Crippen molar-refractivity contribution in [2.24, 2.45) is 0 Å². The van der Waals surface area contributed by atoms with Crippen LogP contribution in [0.2, 0.25) is 15.1 Å². The lowest BCUT2D eigenvalue weighted by Gasteiger charge is -2.12. The first kappa shape index (κ1) is 15.5. The van der Waals surface area contributed by atoms with Gasteiger partial charge in [-0.05, 0) is 37.4 Å². The van der Waals surface area contributed by atoms with E-state index < -0.39 is 0 Å². The summed E-state index contributed by atoms with van der Waals surface area (Å²) in [6.45, 7) is 1.07. The Labute approximate surface area is 133 Å². The molecular weight excluding hydrogens is 317 g/mol. The first-order chi connectivity index (χ1) is 9.60. The maximum atomic E-state index is 6.12. The van der Waals surface area contributed by atoms with Gasteiger partial charge in [0.25, 0.3) is 0 Å². The molecule has 0 aliphatic heterocycles. The van der Waals surface area contributed by atoms with Crippen molar-refractivity contribution < 1.29 is 4.74 Å². The molecule has 1 N–H and O–H groups in total. The average Bonchev–Trinajstić information content (AvgIpc) is 2.40. The van der Waals surface area contributed by atoms with Crippen LogP contribution < -0.4 is 10.1 Å². The van der Waals surface area contributed by atoms with Gasteiger partial charge in [0.05, 0.1) is 0 Å². The van der Waals surface area contributed by atoms with E-state index in [1.54, 1.807) is 18.2 Å². The highest BCUT2D eigenvalue weighted by Crippen LogP contribution is 2.26. The molecule has 0 saturated carbocycles. The van der Waals surface area contributed by atoms with Gasteiger partial charge < -0.3 is 10.1 Å². The summed E-state index contributed by atoms with van der Waals surface area (Å²) < 4.78 is 5.83. The van der Waals surface area contributed by atoms with Crippen LogP contribution in [0.1, 0.15) is 11.1 Å². The zero-order chi connectivity index (χ0) is 14.5. The van der Waals surface area contributed by atoms with Gasteiger partial charge in [-0.1, -0.05) is 40.9 Å². The van der Waals surface area contributed by atoms with E-state index in [0.29, 0.717) is 28.2 Å². The molecule has 0 saturated heterocycles. The largest absolute Gasteiger partial charge is 0.489 e. The van der Waals surface area contributed by atoms with Gasteiger partial charge in [-0.25, -0.2) is 0 Å². The maximum Gasteiger partial charge on any atom is 0.124 e. The van der Waals surface area contributed by atoms with Crippen molar-refractivity contribution in [1.82, 2.24) is 5.32 Å². The van der Waals surface area contributed by atoms with Crippen LogP contribution in [-0.2, 0) is 13.2 Å². The van der Waals surface area contributed by atoms with E-state index >= 15 is 0 Å². The van der Waals surface area contributed by atoms with Crippen LogP contribution in [0.15, 0.2) is 36.4 Å². The Morgan fingerprint density at radius 2 is 1.65 bits per heavy atom. The van der Waals surface area contributed by atoms with Crippen LogP contribution in [0.25, 0.3) is 0 Å². The number of ether oxygens (including phenoxy) is 1. The number of rotatable bonds is 5. The SMILES string of the molecule is CNCc1cc(Cl)ccc1OCc1ccc(Cl)cc1Cl. The third kappa shape index (κ3) is 4.03. The monoisotopic (exact) mass is 329 g/mol. The Morgan fingerprint density at radius 1 is 0.950 bits per heavy atom. The zero-order valence-corrected chi connectivity index (χ0v) is 13.2. The number of nitrogens with one attached hydrogen (secondary N) is 1. The maximum absolute atomic E-state index is 6.12. The molecule has 2 nitrogen and oxygen atoms in total. The van der Waals surface area contributed by atoms with Crippen molar-refractivity contribution in [2.75, 3.05) is 7.05 Å². The molecule has 2 aromatic rings. The number of hydrogen-bond acceptors (Lipinski definition) is 2. The Bertz CT molecular complexity index is 602. The topological polar surface area (TPSA) is 21.3 Å². The van der Waals surface area contributed by atoms with Crippen molar-refractivity contribution in [2.45, 2.75) is 13.2 Å². The molecule has 0 bridgehead atoms. The van der Waals surface area contributed by atoms with E-state index in [1.165, 1.54) is 0 Å². The molecule has 0 radical (unpaired) electrons. The number of hydrogen-bond donors (Lipinski definition) is 1. The third-order valence-electron chi connectivity index (χ3n) is 2.79. The second kappa shape index (κ2) is 7.19. The van der Waals surface area contributed by atoms with Crippen LogP contribution in [0, 0.1) is 0 Å². The molecule has 106 valence electrons. The first-order valence-corrected chi connectivity index (χ1v) is 7.23. The van der Waals surface area contributed by atoms with Crippen LogP contribution in [0.4, 0.5) is 0 Å². The minimum Gasteiger partial charge on any atom is -0.489 e. The fraction of sp³-hybridized carbons (Fsp3) is 0.200. The molecule has 0 fully saturated rings. The molecular formula is C15H14Cl3NO. The van der Waals surface area contributed by atoms with Crippen LogP contribution in [0.3, 0.4) is 0 Å². The summed E-state index contributed by atoms with van der Waals surface area (Å²) in [5.74, 6) is 0.787. The summed E-state index contributed by atoms with van der Waals surface area (Å²) in [5, 5.41) is 4.98. The summed E-state index contributed by atoms with van der Waals surface area (Å²) in [6.07, 6.45) is 0. The number of halogens is 3. The molecule has 0 aromatic heterocycles. The van der Waals surface area contributed by atoms with E-state index in [2.05, 4.69) is 5.32 Å². The highest BCUT2D eigenvalue weighted by Gasteiger charge is 2.07. The van der Waals surface area contributed by atoms with Gasteiger partial charge in [-0.3, -0.25) is 0 Å². The molecule has 0 unspecified atom stereocenters. The predicted molar refractivity (Wildman–Crippen MR) is 85.0 cm³/mol. The van der Waals surface area contributed by atoms with Gasteiger partial charge in [0, 0.05) is 32.7 Å². The lowest BCUT2D eigenvalue weighted by molar-refractivity contribution is 0.302. The first-order valence-electron chi connectivity index (χ1n) is 6.10. The Kier molecular flexibility index (Phi) is 5.55. The van der Waals surface area contributed by atoms with Gasteiger partial charge in [0.15, 0.2) is 0 Å². The van der Waals surface area contributed by atoms with E-state index in [4.69, 9.17) is 39.5 Å². The normalized spacial score (nSPS) is 10.6. The molecule has 0 atom stereocenters. The van der Waals surface area contributed by atoms with Crippen LogP contribution in [0.5, 0.6) is 5.75 Å². The van der Waals surface area contributed by atoms with Gasteiger partial charge in [0.2, 0.25) is 0 Å². The van der Waals surface area contributed by atoms with E-state index in [0.717, 1.165) is 16.9 Å². The second-order valence-corrected chi connectivity index (χ2v) is 5.59. The average molecular weight is 331 g/mol. The van der Waals surface area contributed by atoms with Crippen molar-refractivity contribution in [3.05, 3.63) is 62.6 Å². The van der Waals surface area contributed by atoms with Crippen molar-refractivity contribution in [1.29, 1.82) is 0 Å². The third-order valence-corrected chi connectivity index (χ3v) is 3.61. The van der Waals surface area contributed by atoms with E-state index in [9.17, 15) is 0 Å². The summed E-state index contributed by atoms with van der Waals surface area (Å²) in [6, 6.07) is 10.9. The van der Waals surface area contributed by atoms with Crippen LogP contribution >= 0.6 is 34.8 Å². The van der Waals surface area contributed by atoms with Crippen molar-refractivity contribution in [3.8, 4) is 5.75 Å². The molecule has 0 heterocycles. The quantitative estimate of drug-likeness (QED) is 0.838. The van der Waals surface area contributed by atoms with Crippen LogP contribution in [-0.4, -0.2) is 7.05 Å². The molecule has 0 amide bonds. The summed E-state index contributed by atoms with van der Waals surface area (Å²) in [4.78, 5) is 0. The molecule has 0 aliphatic rings. The van der Waals surface area contributed by atoms with Crippen molar-refractivity contribution >= 4 is 34.8 Å². The fourth-order valence-corrected chi connectivity index (χ4v) is 2.47. The minimum absolute atomic E-state index is 0.383. The highest BCUT2D eigenvalue weighted by molar-refractivity contribution is 6.35. The Morgan fingerprint density at radius 3 is 2.35 bits per heavy atom. The number of benzene rings is 2. The molecule has 0 spiro atoms. The van der Waals surface area contributed by atoms with E-state index in [1.807, 2.05) is 25.2 Å². The molecule has 5 heteroatoms. The highest BCUT2D eigenvalue weighted by atomic mass is 35.5. The molecule has 20 heavy (non-hydrogen) atoms. The lowest BCUT2D eigenvalue weighted by Crippen LogP contribution is -2.07. The van der Waals surface area contributed by atoms with Gasteiger partial charge in [0.1, 0.15) is 12.4 Å². The molecule has 2 aromatic carbocycles.